The van der Waals surface area contributed by atoms with Gasteiger partial charge in [0, 0.05) is 6.54 Å². The van der Waals surface area contributed by atoms with Gasteiger partial charge in [0.05, 0.1) is 13.2 Å². The molecule has 0 aromatic heterocycles. The number of aliphatic hydroxyl groups is 1. The number of alkyl halides is 2. The zero-order valence-electron chi connectivity index (χ0n) is 10.6. The van der Waals surface area contributed by atoms with Crippen LogP contribution in [0.3, 0.4) is 0 Å². The Balaban J connectivity index is 2.18. The van der Waals surface area contributed by atoms with Crippen molar-refractivity contribution in [3.05, 3.63) is 35.9 Å². The Bertz CT molecular complexity index is 306. The van der Waals surface area contributed by atoms with Gasteiger partial charge in [-0.2, -0.15) is 0 Å². The van der Waals surface area contributed by atoms with Gasteiger partial charge < -0.3 is 5.11 Å². The fraction of sp³-hybridized carbons (Fsp3) is 0.571. The molecule has 0 fully saturated rings. The second-order valence-corrected chi connectivity index (χ2v) is 4.36. The molecule has 0 saturated carbocycles. The SMILES string of the molecule is OCCN(CCCCc1ccccc1)CC(F)F. The largest absolute Gasteiger partial charge is 0.395 e. The third-order valence-corrected chi connectivity index (χ3v) is 2.85. The monoisotopic (exact) mass is 257 g/mol. The summed E-state index contributed by atoms with van der Waals surface area (Å²) < 4.78 is 24.5. The molecule has 18 heavy (non-hydrogen) atoms. The minimum atomic E-state index is -2.33. The fourth-order valence-electron chi connectivity index (χ4n) is 1.94. The van der Waals surface area contributed by atoms with Crippen LogP contribution in [0.4, 0.5) is 8.78 Å². The second kappa shape index (κ2) is 9.00. The molecule has 0 heterocycles. The molecule has 0 aliphatic rings. The van der Waals surface area contributed by atoms with E-state index in [1.165, 1.54) is 5.56 Å². The first kappa shape index (κ1) is 15.1. The van der Waals surface area contributed by atoms with E-state index < -0.39 is 6.43 Å². The summed E-state index contributed by atoms with van der Waals surface area (Å²) in [5.74, 6) is 0. The van der Waals surface area contributed by atoms with Crippen LogP contribution in [0.15, 0.2) is 30.3 Å². The van der Waals surface area contributed by atoms with Crippen molar-refractivity contribution in [2.24, 2.45) is 0 Å². The van der Waals surface area contributed by atoms with E-state index >= 15 is 0 Å². The van der Waals surface area contributed by atoms with Crippen molar-refractivity contribution in [2.45, 2.75) is 25.7 Å². The molecular weight excluding hydrogens is 236 g/mol. The first-order valence-corrected chi connectivity index (χ1v) is 6.37. The molecule has 4 heteroatoms. The van der Waals surface area contributed by atoms with Crippen molar-refractivity contribution in [3.8, 4) is 0 Å². The molecule has 1 rings (SSSR count). The van der Waals surface area contributed by atoms with Crippen LogP contribution in [-0.4, -0.2) is 42.7 Å². The smallest absolute Gasteiger partial charge is 0.251 e. The maximum atomic E-state index is 12.3. The van der Waals surface area contributed by atoms with Gasteiger partial charge in [-0.1, -0.05) is 30.3 Å². The van der Waals surface area contributed by atoms with Crippen molar-refractivity contribution in [2.75, 3.05) is 26.2 Å². The summed E-state index contributed by atoms with van der Waals surface area (Å²) in [6, 6.07) is 10.1. The number of rotatable bonds is 9. The van der Waals surface area contributed by atoms with Gasteiger partial charge in [-0.15, -0.1) is 0 Å². The summed E-state index contributed by atoms with van der Waals surface area (Å²) in [5, 5.41) is 8.80. The second-order valence-electron chi connectivity index (χ2n) is 4.36. The Hall–Kier alpha value is -1.00. The predicted molar refractivity (Wildman–Crippen MR) is 68.9 cm³/mol. The van der Waals surface area contributed by atoms with Crippen molar-refractivity contribution in [1.29, 1.82) is 0 Å². The zero-order valence-corrected chi connectivity index (χ0v) is 10.6. The van der Waals surface area contributed by atoms with Gasteiger partial charge in [-0.25, -0.2) is 8.78 Å². The highest BCUT2D eigenvalue weighted by molar-refractivity contribution is 5.14. The number of halogens is 2. The molecule has 0 aliphatic heterocycles. The normalized spacial score (nSPS) is 11.4. The molecule has 0 atom stereocenters. The summed E-state index contributed by atoms with van der Waals surface area (Å²) in [7, 11) is 0. The predicted octanol–water partition coefficient (Wildman–Crippen LogP) is 2.57. The molecule has 102 valence electrons. The standard InChI is InChI=1S/C14H21F2NO/c15-14(16)12-17(10-11-18)9-5-4-8-13-6-2-1-3-7-13/h1-3,6-7,14,18H,4-5,8-12H2. The number of benzene rings is 1. The average molecular weight is 257 g/mol. The molecule has 0 saturated heterocycles. The van der Waals surface area contributed by atoms with E-state index in [-0.39, 0.29) is 13.2 Å². The Morgan fingerprint density at radius 1 is 1.06 bits per heavy atom. The Morgan fingerprint density at radius 3 is 2.39 bits per heavy atom. The van der Waals surface area contributed by atoms with Gasteiger partial charge in [0.15, 0.2) is 0 Å². The lowest BCUT2D eigenvalue weighted by molar-refractivity contribution is 0.0775. The van der Waals surface area contributed by atoms with Gasteiger partial charge in [0.25, 0.3) is 6.43 Å². The number of aliphatic hydroxyl groups excluding tert-OH is 1. The van der Waals surface area contributed by atoms with Crippen LogP contribution >= 0.6 is 0 Å². The third-order valence-electron chi connectivity index (χ3n) is 2.85. The van der Waals surface area contributed by atoms with Crippen molar-refractivity contribution >= 4 is 0 Å². The fourth-order valence-corrected chi connectivity index (χ4v) is 1.94. The maximum Gasteiger partial charge on any atom is 0.251 e. The van der Waals surface area contributed by atoms with E-state index in [4.69, 9.17) is 5.11 Å². The molecule has 0 unspecified atom stereocenters. The lowest BCUT2D eigenvalue weighted by atomic mass is 10.1. The van der Waals surface area contributed by atoms with Crippen LogP contribution in [0.2, 0.25) is 0 Å². The maximum absolute atomic E-state index is 12.3. The van der Waals surface area contributed by atoms with Crippen LogP contribution < -0.4 is 0 Å². The minimum absolute atomic E-state index is 0.0641. The third kappa shape index (κ3) is 6.67. The summed E-state index contributed by atoms with van der Waals surface area (Å²) >= 11 is 0. The number of aryl methyl sites for hydroxylation is 1. The van der Waals surface area contributed by atoms with Gasteiger partial charge >= 0.3 is 0 Å². The van der Waals surface area contributed by atoms with Crippen LogP contribution in [-0.2, 0) is 6.42 Å². The van der Waals surface area contributed by atoms with E-state index in [0.717, 1.165) is 19.3 Å². The van der Waals surface area contributed by atoms with Gasteiger partial charge in [0.1, 0.15) is 0 Å². The zero-order chi connectivity index (χ0) is 13.2. The van der Waals surface area contributed by atoms with Crippen molar-refractivity contribution in [3.63, 3.8) is 0 Å². The highest BCUT2D eigenvalue weighted by atomic mass is 19.3. The lowest BCUT2D eigenvalue weighted by Gasteiger charge is -2.20. The summed E-state index contributed by atoms with van der Waals surface area (Å²) in [6.45, 7) is 0.644. The molecule has 2 nitrogen and oxygen atoms in total. The van der Waals surface area contributed by atoms with Gasteiger partial charge in [0.2, 0.25) is 0 Å². The molecule has 0 spiro atoms. The van der Waals surface area contributed by atoms with E-state index in [2.05, 4.69) is 12.1 Å². The summed E-state index contributed by atoms with van der Waals surface area (Å²) in [5.41, 5.74) is 1.28. The first-order valence-electron chi connectivity index (χ1n) is 6.37. The summed E-state index contributed by atoms with van der Waals surface area (Å²) in [4.78, 5) is 1.62. The van der Waals surface area contributed by atoms with E-state index in [0.29, 0.717) is 13.1 Å². The Kier molecular flexibility index (Phi) is 7.53. The number of nitrogens with zero attached hydrogens (tertiary/aromatic N) is 1. The van der Waals surface area contributed by atoms with Crippen LogP contribution in [0.1, 0.15) is 18.4 Å². The van der Waals surface area contributed by atoms with Crippen molar-refractivity contribution < 1.29 is 13.9 Å². The molecule has 0 amide bonds. The van der Waals surface area contributed by atoms with Crippen LogP contribution in [0.5, 0.6) is 0 Å². The molecule has 1 N–H and O–H groups in total. The summed E-state index contributed by atoms with van der Waals surface area (Å²) in [6.07, 6.45) is 0.505. The van der Waals surface area contributed by atoms with E-state index in [1.54, 1.807) is 4.90 Å². The van der Waals surface area contributed by atoms with E-state index in [1.807, 2.05) is 18.2 Å². The first-order chi connectivity index (χ1) is 8.72. The molecule has 1 aromatic rings. The van der Waals surface area contributed by atoms with Crippen LogP contribution in [0.25, 0.3) is 0 Å². The molecule has 0 radical (unpaired) electrons. The number of unbranched alkanes of at least 4 members (excludes halogenated alkanes) is 1. The number of hydrogen-bond acceptors (Lipinski definition) is 2. The Labute approximate surface area is 107 Å². The highest BCUT2D eigenvalue weighted by Crippen LogP contribution is 2.06. The van der Waals surface area contributed by atoms with Crippen LogP contribution in [0, 0.1) is 0 Å². The topological polar surface area (TPSA) is 23.5 Å². The number of hydrogen-bond donors (Lipinski definition) is 1. The molecule has 0 bridgehead atoms. The van der Waals surface area contributed by atoms with Crippen molar-refractivity contribution in [1.82, 2.24) is 4.90 Å². The molecular formula is C14H21F2NO. The quantitative estimate of drug-likeness (QED) is 0.687. The average Bonchev–Trinajstić information content (AvgIpc) is 2.35. The minimum Gasteiger partial charge on any atom is -0.395 e. The van der Waals surface area contributed by atoms with Gasteiger partial charge in [-0.05, 0) is 31.4 Å². The van der Waals surface area contributed by atoms with E-state index in [9.17, 15) is 8.78 Å². The molecule has 0 aliphatic carbocycles. The highest BCUT2D eigenvalue weighted by Gasteiger charge is 2.10. The van der Waals surface area contributed by atoms with Gasteiger partial charge in [-0.3, -0.25) is 4.90 Å². The molecule has 1 aromatic carbocycles. The lowest BCUT2D eigenvalue weighted by Crippen LogP contribution is -2.32. The Morgan fingerprint density at radius 2 is 1.78 bits per heavy atom.